The Labute approximate surface area is 173 Å². The predicted octanol–water partition coefficient (Wildman–Crippen LogP) is 4.84. The van der Waals surface area contributed by atoms with Gasteiger partial charge in [-0.1, -0.05) is 30.3 Å². The second-order valence-corrected chi connectivity index (χ2v) is 8.34. The van der Waals surface area contributed by atoms with Crippen LogP contribution in [-0.2, 0) is 4.79 Å². The number of ether oxygens (including phenoxy) is 1. The van der Waals surface area contributed by atoms with Gasteiger partial charge in [-0.25, -0.2) is 4.79 Å². The number of hydrogen-bond donors (Lipinski definition) is 1. The summed E-state index contributed by atoms with van der Waals surface area (Å²) in [6, 6.07) is 14.9. The summed E-state index contributed by atoms with van der Waals surface area (Å²) < 4.78 is 8.08. The van der Waals surface area contributed by atoms with Crippen molar-refractivity contribution in [3.63, 3.8) is 0 Å². The summed E-state index contributed by atoms with van der Waals surface area (Å²) in [5, 5.41) is 12.1. The predicted molar refractivity (Wildman–Crippen MR) is 113 cm³/mol. The number of pyridine rings is 1. The number of carboxylic acids is 1. The molecule has 0 amide bonds. The maximum Gasteiger partial charge on any atom is 0.348 e. The fraction of sp³-hybridized carbons (Fsp3) is 0.292. The summed E-state index contributed by atoms with van der Waals surface area (Å²) in [6.45, 7) is 0. The van der Waals surface area contributed by atoms with Crippen LogP contribution in [0.1, 0.15) is 43.6 Å². The zero-order chi connectivity index (χ0) is 20.3. The molecule has 2 aromatic carbocycles. The first-order valence-corrected chi connectivity index (χ1v) is 10.4. The maximum atomic E-state index is 11.9. The fourth-order valence-corrected chi connectivity index (χ4v) is 4.50. The molecule has 2 heterocycles. The molecule has 0 unspecified atom stereocenters. The molecular formula is C24H21N3O3. The van der Waals surface area contributed by atoms with E-state index >= 15 is 0 Å². The van der Waals surface area contributed by atoms with Gasteiger partial charge in [0.15, 0.2) is 0 Å². The quantitative estimate of drug-likeness (QED) is 0.520. The van der Waals surface area contributed by atoms with E-state index in [1.54, 1.807) is 12.4 Å². The molecule has 0 spiro atoms. The van der Waals surface area contributed by atoms with Crippen LogP contribution in [0.5, 0.6) is 6.01 Å². The molecule has 0 saturated heterocycles. The monoisotopic (exact) mass is 399 g/mol. The zero-order valence-corrected chi connectivity index (χ0v) is 16.4. The second kappa shape index (κ2) is 6.29. The van der Waals surface area contributed by atoms with Crippen molar-refractivity contribution in [1.82, 2.24) is 14.5 Å². The Morgan fingerprint density at radius 1 is 1.10 bits per heavy atom. The number of benzene rings is 2. The Morgan fingerprint density at radius 2 is 1.90 bits per heavy atom. The van der Waals surface area contributed by atoms with Crippen molar-refractivity contribution in [3.8, 4) is 11.7 Å². The van der Waals surface area contributed by atoms with Crippen molar-refractivity contribution in [2.24, 2.45) is 0 Å². The molecule has 6 heteroatoms. The standard InChI is InChI=1S/C24H21N3O3/c28-22(29)24(11-3-12-24)30-23-26-19-14-25-13-10-21(19)27(23)20-9-8-16(15-6-7-15)17-4-1-2-5-18(17)20/h1-2,4-5,8-10,13-15H,3,6-7,11-12H2,(H,28,29). The van der Waals surface area contributed by atoms with Crippen molar-refractivity contribution in [2.75, 3.05) is 0 Å². The third kappa shape index (κ3) is 2.53. The van der Waals surface area contributed by atoms with Gasteiger partial charge in [0.25, 0.3) is 0 Å². The van der Waals surface area contributed by atoms with Gasteiger partial charge in [-0.3, -0.25) is 9.55 Å². The van der Waals surface area contributed by atoms with E-state index in [4.69, 9.17) is 4.74 Å². The third-order valence-electron chi connectivity index (χ3n) is 6.46. The fourth-order valence-electron chi connectivity index (χ4n) is 4.50. The van der Waals surface area contributed by atoms with Crippen LogP contribution in [0.15, 0.2) is 54.9 Å². The summed E-state index contributed by atoms with van der Waals surface area (Å²) in [6.07, 6.45) is 7.70. The number of nitrogens with zero attached hydrogens (tertiary/aromatic N) is 3. The number of aliphatic carboxylic acids is 1. The smallest absolute Gasteiger partial charge is 0.348 e. The van der Waals surface area contributed by atoms with Gasteiger partial charge in [-0.2, -0.15) is 4.98 Å². The molecule has 150 valence electrons. The van der Waals surface area contributed by atoms with Gasteiger partial charge in [0, 0.05) is 11.6 Å². The number of aromatic nitrogens is 3. The molecule has 30 heavy (non-hydrogen) atoms. The van der Waals surface area contributed by atoms with Crippen LogP contribution in [0.4, 0.5) is 0 Å². The molecule has 2 aliphatic rings. The first-order chi connectivity index (χ1) is 14.7. The van der Waals surface area contributed by atoms with Crippen LogP contribution in [0.25, 0.3) is 27.5 Å². The van der Waals surface area contributed by atoms with Crippen LogP contribution in [0.2, 0.25) is 0 Å². The van der Waals surface area contributed by atoms with E-state index in [1.807, 2.05) is 16.7 Å². The lowest BCUT2D eigenvalue weighted by molar-refractivity contribution is -0.164. The Hall–Kier alpha value is -3.41. The average Bonchev–Trinajstić information content (AvgIpc) is 3.50. The van der Waals surface area contributed by atoms with E-state index in [2.05, 4.69) is 40.3 Å². The van der Waals surface area contributed by atoms with Gasteiger partial charge < -0.3 is 9.84 Å². The van der Waals surface area contributed by atoms with Crippen molar-refractivity contribution < 1.29 is 14.6 Å². The Balaban J connectivity index is 1.60. The van der Waals surface area contributed by atoms with Crippen LogP contribution >= 0.6 is 0 Å². The zero-order valence-electron chi connectivity index (χ0n) is 16.4. The first-order valence-electron chi connectivity index (χ1n) is 10.4. The lowest BCUT2D eigenvalue weighted by atomic mass is 9.80. The Bertz CT molecular complexity index is 1300. The van der Waals surface area contributed by atoms with E-state index in [0.717, 1.165) is 23.0 Å². The number of hydrogen-bond acceptors (Lipinski definition) is 4. The van der Waals surface area contributed by atoms with E-state index in [9.17, 15) is 9.90 Å². The van der Waals surface area contributed by atoms with Gasteiger partial charge in [0.2, 0.25) is 5.60 Å². The van der Waals surface area contributed by atoms with Crippen LogP contribution in [0.3, 0.4) is 0 Å². The number of imidazole rings is 1. The molecule has 4 aromatic rings. The molecule has 6 nitrogen and oxygen atoms in total. The number of carboxylic acid groups (broad SMARTS) is 1. The molecule has 0 bridgehead atoms. The molecule has 2 aromatic heterocycles. The van der Waals surface area contributed by atoms with E-state index in [-0.39, 0.29) is 0 Å². The minimum atomic E-state index is -1.20. The van der Waals surface area contributed by atoms with Crippen LogP contribution in [-0.4, -0.2) is 31.2 Å². The highest BCUT2D eigenvalue weighted by Crippen LogP contribution is 2.45. The molecule has 2 saturated carbocycles. The normalized spacial score (nSPS) is 17.7. The maximum absolute atomic E-state index is 11.9. The molecule has 2 aliphatic carbocycles. The summed E-state index contributed by atoms with van der Waals surface area (Å²) in [7, 11) is 0. The average molecular weight is 399 g/mol. The molecule has 0 aliphatic heterocycles. The van der Waals surface area contributed by atoms with Crippen molar-refractivity contribution in [2.45, 2.75) is 43.6 Å². The van der Waals surface area contributed by atoms with E-state index in [0.29, 0.717) is 30.3 Å². The molecule has 0 radical (unpaired) electrons. The number of rotatable bonds is 5. The molecule has 0 atom stereocenters. The van der Waals surface area contributed by atoms with Gasteiger partial charge in [0.1, 0.15) is 5.52 Å². The highest BCUT2D eigenvalue weighted by atomic mass is 16.5. The number of fused-ring (bicyclic) bond motifs is 2. The SMILES string of the molecule is O=C(O)C1(Oc2nc3cnccc3n2-c2ccc(C3CC3)c3ccccc23)CCC1. The molecule has 1 N–H and O–H groups in total. The second-order valence-electron chi connectivity index (χ2n) is 8.34. The van der Waals surface area contributed by atoms with Crippen LogP contribution in [0, 0.1) is 0 Å². The van der Waals surface area contributed by atoms with Crippen LogP contribution < -0.4 is 4.74 Å². The van der Waals surface area contributed by atoms with Gasteiger partial charge >= 0.3 is 12.0 Å². The van der Waals surface area contributed by atoms with Crippen molar-refractivity contribution in [1.29, 1.82) is 0 Å². The minimum Gasteiger partial charge on any atom is -0.478 e. The Morgan fingerprint density at radius 3 is 2.60 bits per heavy atom. The molecular weight excluding hydrogens is 378 g/mol. The summed E-state index contributed by atoms with van der Waals surface area (Å²) in [4.78, 5) is 20.8. The first kappa shape index (κ1) is 17.4. The lowest BCUT2D eigenvalue weighted by Gasteiger charge is -2.37. The van der Waals surface area contributed by atoms with Gasteiger partial charge in [-0.15, -0.1) is 0 Å². The summed E-state index contributed by atoms with van der Waals surface area (Å²) in [5.74, 6) is -0.298. The van der Waals surface area contributed by atoms with Gasteiger partial charge in [0.05, 0.1) is 17.4 Å². The summed E-state index contributed by atoms with van der Waals surface area (Å²) in [5.41, 5.74) is 2.66. The lowest BCUT2D eigenvalue weighted by Crippen LogP contribution is -2.50. The topological polar surface area (TPSA) is 77.2 Å². The van der Waals surface area contributed by atoms with Crippen molar-refractivity contribution in [3.05, 3.63) is 60.4 Å². The Kier molecular flexibility index (Phi) is 3.66. The molecule has 2 fully saturated rings. The van der Waals surface area contributed by atoms with Gasteiger partial charge in [-0.05, 0) is 61.1 Å². The van der Waals surface area contributed by atoms with E-state index in [1.165, 1.54) is 23.8 Å². The van der Waals surface area contributed by atoms with Crippen molar-refractivity contribution >= 4 is 27.8 Å². The minimum absolute atomic E-state index is 0.310. The largest absolute Gasteiger partial charge is 0.478 e. The highest BCUT2D eigenvalue weighted by Gasteiger charge is 2.48. The van der Waals surface area contributed by atoms with E-state index < -0.39 is 11.6 Å². The summed E-state index contributed by atoms with van der Waals surface area (Å²) >= 11 is 0. The number of carbonyl (C=O) groups is 1. The third-order valence-corrected chi connectivity index (χ3v) is 6.46. The highest BCUT2D eigenvalue weighted by molar-refractivity contribution is 5.95. The molecule has 6 rings (SSSR count).